The Hall–Kier alpha value is -0.940. The normalized spacial score (nSPS) is 31.2. The van der Waals surface area contributed by atoms with Crippen molar-refractivity contribution in [3.8, 4) is 0 Å². The molecule has 5 nitrogen and oxygen atoms in total. The van der Waals surface area contributed by atoms with Gasteiger partial charge in [0, 0.05) is 19.1 Å². The summed E-state index contributed by atoms with van der Waals surface area (Å²) in [5.74, 6) is 2.38. The fraction of sp³-hybridized carbons (Fsp3) is 0.800. The molecule has 0 aliphatic carbocycles. The minimum absolute atomic E-state index is 0.344. The van der Waals surface area contributed by atoms with Gasteiger partial charge in [-0.1, -0.05) is 5.16 Å². The van der Waals surface area contributed by atoms with Gasteiger partial charge < -0.3 is 14.6 Å². The lowest BCUT2D eigenvalue weighted by atomic mass is 10.1. The second-order valence-corrected chi connectivity index (χ2v) is 4.24. The lowest BCUT2D eigenvalue weighted by Crippen LogP contribution is -2.08. The Kier molecular flexibility index (Phi) is 2.42. The van der Waals surface area contributed by atoms with Gasteiger partial charge in [-0.2, -0.15) is 4.98 Å². The molecule has 0 saturated carbocycles. The van der Waals surface area contributed by atoms with Crippen LogP contribution in [0.15, 0.2) is 4.52 Å². The third-order valence-electron chi connectivity index (χ3n) is 3.16. The molecule has 2 aliphatic heterocycles. The van der Waals surface area contributed by atoms with Gasteiger partial charge in [0.15, 0.2) is 5.82 Å². The van der Waals surface area contributed by atoms with Crippen LogP contribution in [-0.4, -0.2) is 36.4 Å². The first-order valence-electron chi connectivity index (χ1n) is 5.55. The highest BCUT2D eigenvalue weighted by atomic mass is 16.5. The monoisotopic (exact) mass is 209 g/mol. The van der Waals surface area contributed by atoms with E-state index in [1.807, 2.05) is 0 Å². The molecule has 2 atom stereocenters. The average Bonchev–Trinajstić information content (AvgIpc) is 3.02. The van der Waals surface area contributed by atoms with E-state index in [1.165, 1.54) is 0 Å². The van der Waals surface area contributed by atoms with Crippen LogP contribution < -0.4 is 5.32 Å². The summed E-state index contributed by atoms with van der Waals surface area (Å²) in [4.78, 5) is 4.48. The maximum absolute atomic E-state index is 5.31. The molecule has 2 aliphatic rings. The molecule has 0 radical (unpaired) electrons. The first-order valence-corrected chi connectivity index (χ1v) is 5.55. The summed E-state index contributed by atoms with van der Waals surface area (Å²) >= 11 is 0. The van der Waals surface area contributed by atoms with Gasteiger partial charge >= 0.3 is 0 Å². The third-order valence-corrected chi connectivity index (χ3v) is 3.16. The highest BCUT2D eigenvalue weighted by Crippen LogP contribution is 2.26. The highest BCUT2D eigenvalue weighted by Gasteiger charge is 2.27. The van der Waals surface area contributed by atoms with Gasteiger partial charge in [0.2, 0.25) is 5.89 Å². The Morgan fingerprint density at radius 3 is 3.00 bits per heavy atom. The SMILES string of the molecule is C1CC(c2nc(C3CCOC3)no2)CN1. The zero-order valence-corrected chi connectivity index (χ0v) is 8.61. The van der Waals surface area contributed by atoms with Crippen LogP contribution in [0.5, 0.6) is 0 Å². The molecule has 5 heteroatoms. The number of nitrogens with one attached hydrogen (secondary N) is 1. The molecule has 3 rings (SSSR count). The fourth-order valence-corrected chi connectivity index (χ4v) is 2.18. The van der Waals surface area contributed by atoms with E-state index in [9.17, 15) is 0 Å². The van der Waals surface area contributed by atoms with Crippen molar-refractivity contribution < 1.29 is 9.26 Å². The molecule has 1 aromatic rings. The van der Waals surface area contributed by atoms with Gasteiger partial charge in [-0.05, 0) is 19.4 Å². The van der Waals surface area contributed by atoms with E-state index in [1.54, 1.807) is 0 Å². The fourth-order valence-electron chi connectivity index (χ4n) is 2.18. The topological polar surface area (TPSA) is 60.2 Å². The molecule has 3 heterocycles. The predicted octanol–water partition coefficient (Wildman–Crippen LogP) is 0.650. The van der Waals surface area contributed by atoms with Gasteiger partial charge in [0.1, 0.15) is 0 Å². The number of aromatic nitrogens is 2. The second kappa shape index (κ2) is 3.90. The average molecular weight is 209 g/mol. The molecule has 15 heavy (non-hydrogen) atoms. The van der Waals surface area contributed by atoms with Gasteiger partial charge in [-0.25, -0.2) is 0 Å². The third kappa shape index (κ3) is 1.77. The molecule has 0 bridgehead atoms. The Morgan fingerprint density at radius 1 is 1.27 bits per heavy atom. The molecular formula is C10H15N3O2. The van der Waals surface area contributed by atoms with Crippen LogP contribution in [0.1, 0.15) is 36.4 Å². The van der Waals surface area contributed by atoms with Gasteiger partial charge in [-0.15, -0.1) is 0 Å². The Bertz CT molecular complexity index is 297. The van der Waals surface area contributed by atoms with E-state index in [0.717, 1.165) is 50.9 Å². The summed E-state index contributed by atoms with van der Waals surface area (Å²) in [6.45, 7) is 3.57. The quantitative estimate of drug-likeness (QED) is 0.775. The number of rotatable bonds is 2. The van der Waals surface area contributed by atoms with Crippen LogP contribution in [-0.2, 0) is 4.74 Å². The summed E-state index contributed by atoms with van der Waals surface area (Å²) in [6.07, 6.45) is 2.12. The molecule has 1 aromatic heterocycles. The molecule has 0 amide bonds. The first kappa shape index (κ1) is 9.30. The number of ether oxygens (including phenoxy) is 1. The Labute approximate surface area is 88.2 Å². The first-order chi connectivity index (χ1) is 7.43. The largest absolute Gasteiger partial charge is 0.381 e. The predicted molar refractivity (Wildman–Crippen MR) is 52.7 cm³/mol. The van der Waals surface area contributed by atoms with Crippen LogP contribution in [0.4, 0.5) is 0 Å². The van der Waals surface area contributed by atoms with Crippen LogP contribution >= 0.6 is 0 Å². The molecular weight excluding hydrogens is 194 g/mol. The Morgan fingerprint density at radius 2 is 2.27 bits per heavy atom. The Balaban J connectivity index is 1.74. The second-order valence-electron chi connectivity index (χ2n) is 4.24. The minimum Gasteiger partial charge on any atom is -0.381 e. The van der Waals surface area contributed by atoms with Crippen molar-refractivity contribution >= 4 is 0 Å². The maximum atomic E-state index is 5.31. The summed E-state index contributed by atoms with van der Waals surface area (Å²) in [5, 5.41) is 7.35. The van der Waals surface area contributed by atoms with Crippen molar-refractivity contribution in [3.05, 3.63) is 11.7 Å². The summed E-state index contributed by atoms with van der Waals surface area (Å²) in [7, 11) is 0. The van der Waals surface area contributed by atoms with E-state index in [2.05, 4.69) is 15.5 Å². The molecule has 0 aromatic carbocycles. The number of hydrogen-bond donors (Lipinski definition) is 1. The van der Waals surface area contributed by atoms with Crippen LogP contribution in [0.3, 0.4) is 0 Å². The van der Waals surface area contributed by atoms with Crippen LogP contribution in [0.25, 0.3) is 0 Å². The number of hydrogen-bond acceptors (Lipinski definition) is 5. The smallest absolute Gasteiger partial charge is 0.231 e. The van der Waals surface area contributed by atoms with E-state index in [0.29, 0.717) is 11.8 Å². The van der Waals surface area contributed by atoms with Crippen LogP contribution in [0.2, 0.25) is 0 Å². The lowest BCUT2D eigenvalue weighted by molar-refractivity contribution is 0.192. The number of nitrogens with zero attached hydrogens (tertiary/aromatic N) is 2. The summed E-state index contributed by atoms with van der Waals surface area (Å²) < 4.78 is 10.6. The van der Waals surface area contributed by atoms with E-state index in [4.69, 9.17) is 9.26 Å². The van der Waals surface area contributed by atoms with Crippen molar-refractivity contribution in [2.45, 2.75) is 24.7 Å². The summed E-state index contributed by atoms with van der Waals surface area (Å²) in [6, 6.07) is 0. The molecule has 82 valence electrons. The van der Waals surface area contributed by atoms with Crippen molar-refractivity contribution in [2.24, 2.45) is 0 Å². The standard InChI is InChI=1S/C10H15N3O2/c1-3-11-5-7(1)10-12-9(13-15-10)8-2-4-14-6-8/h7-8,11H,1-6H2. The molecule has 2 saturated heterocycles. The van der Waals surface area contributed by atoms with Crippen LogP contribution in [0, 0.1) is 0 Å². The highest BCUT2D eigenvalue weighted by molar-refractivity contribution is 5.02. The zero-order valence-electron chi connectivity index (χ0n) is 8.61. The molecule has 0 spiro atoms. The van der Waals surface area contributed by atoms with Gasteiger partial charge in [-0.3, -0.25) is 0 Å². The molecule has 2 fully saturated rings. The molecule has 2 unspecified atom stereocenters. The summed E-state index contributed by atoms with van der Waals surface area (Å²) in [5.41, 5.74) is 0. The minimum atomic E-state index is 0.344. The zero-order chi connectivity index (χ0) is 10.1. The van der Waals surface area contributed by atoms with E-state index >= 15 is 0 Å². The van der Waals surface area contributed by atoms with Gasteiger partial charge in [0.05, 0.1) is 12.5 Å². The van der Waals surface area contributed by atoms with Gasteiger partial charge in [0.25, 0.3) is 0 Å². The van der Waals surface area contributed by atoms with Crippen molar-refractivity contribution in [2.75, 3.05) is 26.3 Å². The molecule has 1 N–H and O–H groups in total. The van der Waals surface area contributed by atoms with Crippen molar-refractivity contribution in [1.82, 2.24) is 15.5 Å². The van der Waals surface area contributed by atoms with Crippen molar-refractivity contribution in [1.29, 1.82) is 0 Å². The van der Waals surface area contributed by atoms with E-state index in [-0.39, 0.29) is 0 Å². The maximum Gasteiger partial charge on any atom is 0.231 e. The lowest BCUT2D eigenvalue weighted by Gasteiger charge is -2.00. The van der Waals surface area contributed by atoms with E-state index < -0.39 is 0 Å². The van der Waals surface area contributed by atoms with Crippen molar-refractivity contribution in [3.63, 3.8) is 0 Å².